The van der Waals surface area contributed by atoms with Crippen LogP contribution in [-0.4, -0.2) is 27.9 Å². The van der Waals surface area contributed by atoms with E-state index in [-0.39, 0.29) is 11.8 Å². The molecular weight excluding hydrogens is 360 g/mol. The second-order valence-corrected chi connectivity index (χ2v) is 6.79. The van der Waals surface area contributed by atoms with E-state index in [2.05, 4.69) is 15.7 Å². The SMILES string of the molecule is CSc1ccc(C(=O)Nc2cccc(NC(=O)C(C)n3cccn3)c2)cc1. The van der Waals surface area contributed by atoms with Crippen LogP contribution in [0.3, 0.4) is 0 Å². The van der Waals surface area contributed by atoms with Crippen molar-refractivity contribution < 1.29 is 9.59 Å². The van der Waals surface area contributed by atoms with Gasteiger partial charge in [-0.25, -0.2) is 0 Å². The zero-order valence-electron chi connectivity index (χ0n) is 15.0. The number of thioether (sulfide) groups is 1. The van der Waals surface area contributed by atoms with Gasteiger partial charge in [0.25, 0.3) is 5.91 Å². The van der Waals surface area contributed by atoms with Crippen molar-refractivity contribution in [3.63, 3.8) is 0 Å². The van der Waals surface area contributed by atoms with Gasteiger partial charge in [-0.1, -0.05) is 6.07 Å². The first-order chi connectivity index (χ1) is 13.1. The highest BCUT2D eigenvalue weighted by atomic mass is 32.2. The molecule has 138 valence electrons. The molecular formula is C20H20N4O2S. The first-order valence-corrected chi connectivity index (χ1v) is 9.65. The van der Waals surface area contributed by atoms with E-state index in [0.717, 1.165) is 4.90 Å². The summed E-state index contributed by atoms with van der Waals surface area (Å²) >= 11 is 1.62. The normalized spacial score (nSPS) is 11.6. The fourth-order valence-corrected chi connectivity index (χ4v) is 2.91. The Hall–Kier alpha value is -3.06. The van der Waals surface area contributed by atoms with Crippen LogP contribution in [-0.2, 0) is 4.79 Å². The van der Waals surface area contributed by atoms with Crippen LogP contribution in [0, 0.1) is 0 Å². The molecule has 7 heteroatoms. The highest BCUT2D eigenvalue weighted by molar-refractivity contribution is 7.98. The van der Waals surface area contributed by atoms with Crippen molar-refractivity contribution >= 4 is 35.0 Å². The van der Waals surface area contributed by atoms with Crippen molar-refractivity contribution in [2.45, 2.75) is 17.9 Å². The maximum absolute atomic E-state index is 12.4. The summed E-state index contributed by atoms with van der Waals surface area (Å²) in [6, 6.07) is 15.8. The van der Waals surface area contributed by atoms with Crippen LogP contribution in [0.5, 0.6) is 0 Å². The van der Waals surface area contributed by atoms with E-state index in [0.29, 0.717) is 16.9 Å². The van der Waals surface area contributed by atoms with Crippen LogP contribution in [0.1, 0.15) is 23.3 Å². The number of aromatic nitrogens is 2. The Bertz CT molecular complexity index is 923. The lowest BCUT2D eigenvalue weighted by Gasteiger charge is -2.13. The molecule has 3 rings (SSSR count). The number of nitrogens with one attached hydrogen (secondary N) is 2. The number of hydrogen-bond acceptors (Lipinski definition) is 4. The summed E-state index contributed by atoms with van der Waals surface area (Å²) in [6.07, 6.45) is 5.36. The van der Waals surface area contributed by atoms with Gasteiger partial charge in [-0.05, 0) is 61.7 Å². The molecule has 0 bridgehead atoms. The van der Waals surface area contributed by atoms with E-state index in [4.69, 9.17) is 0 Å². The quantitative estimate of drug-likeness (QED) is 0.633. The molecule has 2 N–H and O–H groups in total. The van der Waals surface area contributed by atoms with Gasteiger partial charge >= 0.3 is 0 Å². The predicted octanol–water partition coefficient (Wildman–Crippen LogP) is 4.06. The van der Waals surface area contributed by atoms with Crippen molar-refractivity contribution in [2.24, 2.45) is 0 Å². The molecule has 0 spiro atoms. The highest BCUT2D eigenvalue weighted by Gasteiger charge is 2.15. The fraction of sp³-hybridized carbons (Fsp3) is 0.150. The predicted molar refractivity (Wildman–Crippen MR) is 108 cm³/mol. The van der Waals surface area contributed by atoms with Gasteiger partial charge in [0.05, 0.1) is 0 Å². The maximum atomic E-state index is 12.4. The molecule has 0 aliphatic heterocycles. The molecule has 1 unspecified atom stereocenters. The molecule has 0 radical (unpaired) electrons. The molecule has 3 aromatic rings. The lowest BCUT2D eigenvalue weighted by atomic mass is 10.2. The second kappa shape index (κ2) is 8.55. The minimum absolute atomic E-state index is 0.185. The lowest BCUT2D eigenvalue weighted by Crippen LogP contribution is -2.24. The number of carbonyl (C=O) groups is 2. The van der Waals surface area contributed by atoms with Crippen molar-refractivity contribution in [2.75, 3.05) is 16.9 Å². The molecule has 0 saturated heterocycles. The second-order valence-electron chi connectivity index (χ2n) is 5.91. The maximum Gasteiger partial charge on any atom is 0.255 e. The third-order valence-corrected chi connectivity index (χ3v) is 4.78. The Morgan fingerprint density at radius 3 is 2.37 bits per heavy atom. The van der Waals surface area contributed by atoms with Gasteiger partial charge in [0.1, 0.15) is 6.04 Å². The molecule has 0 fully saturated rings. The number of anilines is 2. The molecule has 0 aliphatic rings. The van der Waals surface area contributed by atoms with E-state index < -0.39 is 6.04 Å². The van der Waals surface area contributed by atoms with E-state index >= 15 is 0 Å². The summed E-state index contributed by atoms with van der Waals surface area (Å²) in [5.74, 6) is -0.383. The van der Waals surface area contributed by atoms with Crippen LogP contribution >= 0.6 is 11.8 Å². The van der Waals surface area contributed by atoms with Crippen molar-refractivity contribution in [3.05, 3.63) is 72.6 Å². The van der Waals surface area contributed by atoms with Gasteiger partial charge < -0.3 is 10.6 Å². The Kier molecular flexibility index (Phi) is 5.93. The minimum Gasteiger partial charge on any atom is -0.324 e. The fourth-order valence-electron chi connectivity index (χ4n) is 2.50. The monoisotopic (exact) mass is 380 g/mol. The number of carbonyl (C=O) groups excluding carboxylic acids is 2. The average Bonchev–Trinajstić information content (AvgIpc) is 3.22. The lowest BCUT2D eigenvalue weighted by molar-refractivity contribution is -0.119. The average molecular weight is 380 g/mol. The van der Waals surface area contributed by atoms with Gasteiger partial charge in [-0.15, -0.1) is 11.8 Å². The topological polar surface area (TPSA) is 76.0 Å². The largest absolute Gasteiger partial charge is 0.324 e. The molecule has 2 aromatic carbocycles. The van der Waals surface area contributed by atoms with Crippen LogP contribution in [0.4, 0.5) is 11.4 Å². The number of benzene rings is 2. The third-order valence-electron chi connectivity index (χ3n) is 4.04. The van der Waals surface area contributed by atoms with Gasteiger partial charge in [-0.2, -0.15) is 5.10 Å². The van der Waals surface area contributed by atoms with E-state index in [1.54, 1.807) is 78.2 Å². The van der Waals surface area contributed by atoms with Gasteiger partial charge in [-0.3, -0.25) is 14.3 Å². The Balaban J connectivity index is 1.66. The standard InChI is InChI=1S/C20H20N4O2S/c1-14(24-12-4-11-21-24)19(25)22-16-5-3-6-17(13-16)23-20(26)15-7-9-18(27-2)10-8-15/h3-14H,1-2H3,(H,22,25)(H,23,26). The van der Waals surface area contributed by atoms with Crippen LogP contribution in [0.25, 0.3) is 0 Å². The summed E-state index contributed by atoms with van der Waals surface area (Å²) < 4.78 is 1.58. The van der Waals surface area contributed by atoms with Crippen molar-refractivity contribution in [3.8, 4) is 0 Å². The molecule has 1 heterocycles. The Labute approximate surface area is 162 Å². The number of nitrogens with zero attached hydrogens (tertiary/aromatic N) is 2. The Morgan fingerprint density at radius 2 is 1.74 bits per heavy atom. The van der Waals surface area contributed by atoms with E-state index in [1.165, 1.54) is 0 Å². The summed E-state index contributed by atoms with van der Waals surface area (Å²) in [7, 11) is 0. The highest BCUT2D eigenvalue weighted by Crippen LogP contribution is 2.19. The summed E-state index contributed by atoms with van der Waals surface area (Å²) in [5, 5.41) is 9.78. The smallest absolute Gasteiger partial charge is 0.255 e. The minimum atomic E-state index is -0.437. The van der Waals surface area contributed by atoms with E-state index in [9.17, 15) is 9.59 Å². The zero-order chi connectivity index (χ0) is 19.2. The molecule has 2 amide bonds. The molecule has 27 heavy (non-hydrogen) atoms. The van der Waals surface area contributed by atoms with Crippen LogP contribution in [0.15, 0.2) is 71.9 Å². The first kappa shape index (κ1) is 18.7. The van der Waals surface area contributed by atoms with Gasteiger partial charge in [0.15, 0.2) is 0 Å². The van der Waals surface area contributed by atoms with E-state index in [1.807, 2.05) is 18.4 Å². The third kappa shape index (κ3) is 4.77. The summed E-state index contributed by atoms with van der Waals surface area (Å²) in [5.41, 5.74) is 1.79. The Morgan fingerprint density at radius 1 is 1.04 bits per heavy atom. The van der Waals surface area contributed by atoms with Gasteiger partial charge in [0.2, 0.25) is 5.91 Å². The van der Waals surface area contributed by atoms with Crippen LogP contribution < -0.4 is 10.6 Å². The number of amides is 2. The van der Waals surface area contributed by atoms with Gasteiger partial charge in [0, 0.05) is 34.2 Å². The van der Waals surface area contributed by atoms with Crippen molar-refractivity contribution in [1.82, 2.24) is 9.78 Å². The number of hydrogen-bond donors (Lipinski definition) is 2. The first-order valence-electron chi connectivity index (χ1n) is 8.42. The summed E-state index contributed by atoms with van der Waals surface area (Å²) in [4.78, 5) is 25.9. The molecule has 0 saturated carbocycles. The molecule has 1 aromatic heterocycles. The summed E-state index contributed by atoms with van der Waals surface area (Å²) in [6.45, 7) is 1.77. The molecule has 1 atom stereocenters. The number of rotatable bonds is 6. The zero-order valence-corrected chi connectivity index (χ0v) is 15.9. The van der Waals surface area contributed by atoms with Crippen molar-refractivity contribution in [1.29, 1.82) is 0 Å². The molecule has 0 aliphatic carbocycles. The van der Waals surface area contributed by atoms with Crippen LogP contribution in [0.2, 0.25) is 0 Å². The molecule has 6 nitrogen and oxygen atoms in total.